The van der Waals surface area contributed by atoms with Gasteiger partial charge in [-0.05, 0) is 24.1 Å². The first kappa shape index (κ1) is 15.5. The maximum atomic E-state index is 10.6. The van der Waals surface area contributed by atoms with Gasteiger partial charge in [-0.25, -0.2) is 0 Å². The zero-order valence-electron chi connectivity index (χ0n) is 9.43. The zero-order valence-corrected chi connectivity index (χ0v) is 10.4. The third kappa shape index (κ3) is 5.42. The van der Waals surface area contributed by atoms with Gasteiger partial charge in [-0.2, -0.15) is 13.5 Å². The summed E-state index contributed by atoms with van der Waals surface area (Å²) in [5, 5.41) is 8.65. The van der Waals surface area contributed by atoms with Crippen LogP contribution in [0.3, 0.4) is 0 Å². The summed E-state index contributed by atoms with van der Waals surface area (Å²) in [6, 6.07) is 6.32. The van der Waals surface area contributed by atoms with Crippen molar-refractivity contribution >= 4 is 19.5 Å². The lowest BCUT2D eigenvalue weighted by molar-refractivity contribution is -0.138. The summed E-state index contributed by atoms with van der Waals surface area (Å²) in [6.07, 6.45) is 1.98. The van der Waals surface area contributed by atoms with E-state index in [-0.39, 0.29) is 13.5 Å². The maximum Gasteiger partial charge on any atom is 0.320 e. The average molecular weight is 255 g/mol. The molecule has 0 spiro atoms. The van der Waals surface area contributed by atoms with Gasteiger partial charge in [0.15, 0.2) is 0 Å². The van der Waals surface area contributed by atoms with Crippen molar-refractivity contribution in [3.63, 3.8) is 0 Å². The number of nitrogens with two attached hydrogens (primary N) is 1. The first-order valence-electron chi connectivity index (χ1n) is 4.94. The summed E-state index contributed by atoms with van der Waals surface area (Å²) >= 11 is 0. The molecular weight excluding hydrogens is 238 g/mol. The van der Waals surface area contributed by atoms with Crippen molar-refractivity contribution in [3.8, 4) is 5.75 Å². The van der Waals surface area contributed by atoms with Crippen LogP contribution in [0.1, 0.15) is 5.56 Å². The molecule has 1 aromatic rings. The lowest BCUT2D eigenvalue weighted by Gasteiger charge is -2.07. The van der Waals surface area contributed by atoms with E-state index in [1.165, 1.54) is 0 Å². The number of aliphatic carboxylic acids is 1. The molecule has 0 radical (unpaired) electrons. The Balaban J connectivity index is 0.00000256. The molecular formula is C12H17NO3S. The van der Waals surface area contributed by atoms with Crippen molar-refractivity contribution in [1.82, 2.24) is 0 Å². The second-order valence-electron chi connectivity index (χ2n) is 3.39. The predicted octanol–water partition coefficient (Wildman–Crippen LogP) is 1.32. The molecule has 0 aromatic heterocycles. The van der Waals surface area contributed by atoms with E-state index in [4.69, 9.17) is 15.6 Å². The zero-order chi connectivity index (χ0) is 12.0. The Bertz CT molecular complexity index is 365. The normalized spacial score (nSPS) is 11.1. The van der Waals surface area contributed by atoms with Crippen molar-refractivity contribution in [3.05, 3.63) is 42.5 Å². The minimum atomic E-state index is -0.994. The molecule has 94 valence electrons. The fourth-order valence-corrected chi connectivity index (χ4v) is 1.22. The Morgan fingerprint density at radius 2 is 2.06 bits per heavy atom. The molecule has 0 saturated carbocycles. The number of rotatable bonds is 6. The van der Waals surface area contributed by atoms with E-state index in [1.807, 2.05) is 0 Å². The van der Waals surface area contributed by atoms with E-state index in [2.05, 4.69) is 6.58 Å². The van der Waals surface area contributed by atoms with Gasteiger partial charge in [0.25, 0.3) is 0 Å². The summed E-state index contributed by atoms with van der Waals surface area (Å²) in [5.41, 5.74) is 6.30. The van der Waals surface area contributed by atoms with Crippen LogP contribution in [0.5, 0.6) is 5.75 Å². The summed E-state index contributed by atoms with van der Waals surface area (Å²) in [7, 11) is 0. The molecule has 1 rings (SSSR count). The lowest BCUT2D eigenvalue weighted by atomic mass is 10.1. The number of carbonyl (C=O) groups is 1. The van der Waals surface area contributed by atoms with E-state index >= 15 is 0 Å². The number of benzene rings is 1. The van der Waals surface area contributed by atoms with E-state index < -0.39 is 12.0 Å². The summed E-state index contributed by atoms with van der Waals surface area (Å²) in [4.78, 5) is 10.6. The molecule has 0 saturated heterocycles. The van der Waals surface area contributed by atoms with Gasteiger partial charge < -0.3 is 15.6 Å². The molecule has 1 aromatic carbocycles. The molecule has 17 heavy (non-hydrogen) atoms. The van der Waals surface area contributed by atoms with E-state index in [0.29, 0.717) is 13.0 Å². The van der Waals surface area contributed by atoms with Gasteiger partial charge in [0.2, 0.25) is 0 Å². The van der Waals surface area contributed by atoms with Crippen molar-refractivity contribution in [2.45, 2.75) is 12.5 Å². The maximum absolute atomic E-state index is 10.6. The minimum absolute atomic E-state index is 0. The molecule has 3 N–H and O–H groups in total. The number of carboxylic acid groups (broad SMARTS) is 1. The third-order valence-electron chi connectivity index (χ3n) is 2.06. The van der Waals surface area contributed by atoms with Crippen LogP contribution in [0.2, 0.25) is 0 Å². The topological polar surface area (TPSA) is 72.5 Å². The summed E-state index contributed by atoms with van der Waals surface area (Å²) in [6.45, 7) is 4.00. The molecule has 1 unspecified atom stereocenters. The minimum Gasteiger partial charge on any atom is -0.490 e. The van der Waals surface area contributed by atoms with Gasteiger partial charge in [0.05, 0.1) is 0 Å². The van der Waals surface area contributed by atoms with Crippen LogP contribution < -0.4 is 10.5 Å². The van der Waals surface area contributed by atoms with E-state index in [9.17, 15) is 4.79 Å². The molecule has 0 aliphatic heterocycles. The highest BCUT2D eigenvalue weighted by atomic mass is 32.1. The van der Waals surface area contributed by atoms with Crippen LogP contribution >= 0.6 is 13.5 Å². The fraction of sp³-hybridized carbons (Fsp3) is 0.250. The quantitative estimate of drug-likeness (QED) is 0.752. The van der Waals surface area contributed by atoms with Gasteiger partial charge in [0, 0.05) is 0 Å². The largest absolute Gasteiger partial charge is 0.490 e. The highest BCUT2D eigenvalue weighted by Crippen LogP contribution is 2.13. The fourth-order valence-electron chi connectivity index (χ4n) is 1.22. The Labute approximate surface area is 108 Å². The number of hydrogen-bond donors (Lipinski definition) is 2. The van der Waals surface area contributed by atoms with Crippen molar-refractivity contribution < 1.29 is 14.6 Å². The molecule has 0 aliphatic rings. The third-order valence-corrected chi connectivity index (χ3v) is 2.06. The van der Waals surface area contributed by atoms with Gasteiger partial charge in [-0.3, -0.25) is 4.79 Å². The van der Waals surface area contributed by atoms with E-state index in [1.54, 1.807) is 30.3 Å². The molecule has 1 atom stereocenters. The molecule has 5 heteroatoms. The van der Waals surface area contributed by atoms with Crippen LogP contribution in [-0.4, -0.2) is 23.7 Å². The van der Waals surface area contributed by atoms with Gasteiger partial charge in [-0.15, -0.1) is 0 Å². The first-order chi connectivity index (χ1) is 7.63. The van der Waals surface area contributed by atoms with Crippen LogP contribution in [0.4, 0.5) is 0 Å². The van der Waals surface area contributed by atoms with E-state index in [0.717, 1.165) is 11.3 Å². The van der Waals surface area contributed by atoms with Crippen LogP contribution in [0.25, 0.3) is 0 Å². The smallest absolute Gasteiger partial charge is 0.320 e. The molecule has 0 fully saturated rings. The van der Waals surface area contributed by atoms with Crippen LogP contribution in [0, 0.1) is 0 Å². The Morgan fingerprint density at radius 3 is 2.53 bits per heavy atom. The Hall–Kier alpha value is -1.46. The SMILES string of the molecule is C=CCOc1ccc(CC(N)C(=O)O)cc1.S. The highest BCUT2D eigenvalue weighted by molar-refractivity contribution is 7.59. The second-order valence-corrected chi connectivity index (χ2v) is 3.39. The molecule has 4 nitrogen and oxygen atoms in total. The van der Waals surface area contributed by atoms with Crippen LogP contribution in [0.15, 0.2) is 36.9 Å². The highest BCUT2D eigenvalue weighted by Gasteiger charge is 2.11. The summed E-state index contributed by atoms with van der Waals surface area (Å²) in [5.74, 6) is -0.264. The van der Waals surface area contributed by atoms with Gasteiger partial charge in [-0.1, -0.05) is 24.8 Å². The Kier molecular flexibility index (Phi) is 7.09. The second kappa shape index (κ2) is 7.76. The Morgan fingerprint density at radius 1 is 1.47 bits per heavy atom. The molecule has 0 amide bonds. The monoisotopic (exact) mass is 255 g/mol. The average Bonchev–Trinajstić information content (AvgIpc) is 2.28. The predicted molar refractivity (Wildman–Crippen MR) is 71.8 cm³/mol. The summed E-state index contributed by atoms with van der Waals surface area (Å²) < 4.78 is 5.30. The number of ether oxygens (including phenoxy) is 1. The molecule has 0 heterocycles. The van der Waals surface area contributed by atoms with Crippen LogP contribution in [-0.2, 0) is 11.2 Å². The van der Waals surface area contributed by atoms with Gasteiger partial charge in [0.1, 0.15) is 18.4 Å². The molecule has 0 bridgehead atoms. The first-order valence-corrected chi connectivity index (χ1v) is 4.94. The number of carboxylic acids is 1. The van der Waals surface area contributed by atoms with Crippen molar-refractivity contribution in [1.29, 1.82) is 0 Å². The van der Waals surface area contributed by atoms with Gasteiger partial charge >= 0.3 is 5.97 Å². The molecule has 0 aliphatic carbocycles. The van der Waals surface area contributed by atoms with Crippen molar-refractivity contribution in [2.24, 2.45) is 5.73 Å². The number of hydrogen-bond acceptors (Lipinski definition) is 3. The lowest BCUT2D eigenvalue weighted by Crippen LogP contribution is -2.32. The standard InChI is InChI=1S/C12H15NO3.H2S/c1-2-7-16-10-5-3-9(4-6-10)8-11(13)12(14)15;/h2-6,11H,1,7-8,13H2,(H,14,15);1H2. The van der Waals surface area contributed by atoms with Crippen molar-refractivity contribution in [2.75, 3.05) is 6.61 Å².